The number of anilines is 1. The zero-order valence-electron chi connectivity index (χ0n) is 13.5. The number of piperazine rings is 1. The molecule has 7 heteroatoms. The van der Waals surface area contributed by atoms with E-state index >= 15 is 0 Å². The van der Waals surface area contributed by atoms with Crippen LogP contribution in [0.1, 0.15) is 5.69 Å². The quantitative estimate of drug-likeness (QED) is 0.757. The van der Waals surface area contributed by atoms with Gasteiger partial charge in [0.25, 0.3) is 0 Å². The summed E-state index contributed by atoms with van der Waals surface area (Å²) in [5.41, 5.74) is 0.798. The highest BCUT2D eigenvalue weighted by molar-refractivity contribution is 5.31. The van der Waals surface area contributed by atoms with Crippen molar-refractivity contribution in [2.45, 2.75) is 6.42 Å². The first kappa shape index (κ1) is 16.1. The van der Waals surface area contributed by atoms with Gasteiger partial charge in [-0.25, -0.2) is 9.97 Å². The van der Waals surface area contributed by atoms with Gasteiger partial charge in [-0.05, 0) is 6.07 Å². The largest absolute Gasteiger partial charge is 0.379 e. The summed E-state index contributed by atoms with van der Waals surface area (Å²) in [4.78, 5) is 16.0. The molecule has 1 aromatic heterocycles. The predicted octanol–water partition coefficient (Wildman–Crippen LogP) is -0.00312. The van der Waals surface area contributed by atoms with E-state index in [9.17, 15) is 0 Å². The Hall–Kier alpha value is -1.75. The average molecular weight is 316 g/mol. The minimum absolute atomic E-state index is 0.342. The molecular formula is C16H24N6O. The number of hydrogen-bond donors (Lipinski definition) is 0. The monoisotopic (exact) mass is 316 g/mol. The number of ether oxygens (including phenoxy) is 1. The van der Waals surface area contributed by atoms with Crippen LogP contribution in [-0.4, -0.2) is 85.3 Å². The van der Waals surface area contributed by atoms with Gasteiger partial charge in [0, 0.05) is 58.6 Å². The lowest BCUT2D eigenvalue weighted by Crippen LogP contribution is -2.49. The molecule has 1 aromatic rings. The molecule has 0 bridgehead atoms. The van der Waals surface area contributed by atoms with Gasteiger partial charge < -0.3 is 9.64 Å². The molecule has 7 nitrogen and oxygen atoms in total. The fraction of sp³-hybridized carbons (Fsp3) is 0.688. The van der Waals surface area contributed by atoms with Gasteiger partial charge in [-0.1, -0.05) is 0 Å². The third kappa shape index (κ3) is 4.61. The second-order valence-electron chi connectivity index (χ2n) is 5.97. The normalized spacial score (nSPS) is 20.4. The predicted molar refractivity (Wildman–Crippen MR) is 87.3 cm³/mol. The van der Waals surface area contributed by atoms with Crippen LogP contribution in [0.15, 0.2) is 12.3 Å². The lowest BCUT2D eigenvalue weighted by atomic mass is 10.3. The summed E-state index contributed by atoms with van der Waals surface area (Å²) in [6.07, 6.45) is 2.09. The lowest BCUT2D eigenvalue weighted by molar-refractivity contribution is 0.0331. The van der Waals surface area contributed by atoms with Crippen LogP contribution in [0.5, 0.6) is 0 Å². The molecule has 2 fully saturated rings. The number of morpholine rings is 1. The van der Waals surface area contributed by atoms with E-state index in [4.69, 9.17) is 10.00 Å². The average Bonchev–Trinajstić information content (AvgIpc) is 2.62. The third-order valence-corrected chi connectivity index (χ3v) is 4.45. The summed E-state index contributed by atoms with van der Waals surface area (Å²) in [6.45, 7) is 10.0. The fourth-order valence-corrected chi connectivity index (χ4v) is 3.00. The van der Waals surface area contributed by atoms with Crippen molar-refractivity contribution in [1.82, 2.24) is 19.8 Å². The molecule has 0 amide bonds. The number of aromatic nitrogens is 2. The molecule has 3 rings (SSSR count). The number of rotatable bonds is 5. The maximum absolute atomic E-state index is 8.78. The van der Waals surface area contributed by atoms with Crippen LogP contribution in [0.3, 0.4) is 0 Å². The lowest BCUT2D eigenvalue weighted by Gasteiger charge is -2.36. The first-order chi connectivity index (χ1) is 11.3. The van der Waals surface area contributed by atoms with E-state index in [1.807, 2.05) is 6.07 Å². The van der Waals surface area contributed by atoms with Crippen molar-refractivity contribution in [3.05, 3.63) is 18.0 Å². The fourth-order valence-electron chi connectivity index (χ4n) is 3.00. The molecule has 124 valence electrons. The second-order valence-corrected chi connectivity index (χ2v) is 5.97. The van der Waals surface area contributed by atoms with Gasteiger partial charge in [-0.2, -0.15) is 5.26 Å². The summed E-state index contributed by atoms with van der Waals surface area (Å²) >= 11 is 0. The summed E-state index contributed by atoms with van der Waals surface area (Å²) in [6, 6.07) is 3.95. The Morgan fingerprint density at radius 3 is 2.43 bits per heavy atom. The van der Waals surface area contributed by atoms with Crippen LogP contribution in [0.25, 0.3) is 0 Å². The van der Waals surface area contributed by atoms with Gasteiger partial charge in [0.1, 0.15) is 0 Å². The highest BCUT2D eigenvalue weighted by Crippen LogP contribution is 2.11. The van der Waals surface area contributed by atoms with Gasteiger partial charge in [-0.3, -0.25) is 9.80 Å². The molecule has 23 heavy (non-hydrogen) atoms. The van der Waals surface area contributed by atoms with Crippen molar-refractivity contribution in [2.75, 3.05) is 70.5 Å². The van der Waals surface area contributed by atoms with Gasteiger partial charge in [0.05, 0.1) is 31.4 Å². The molecule has 2 aliphatic heterocycles. The third-order valence-electron chi connectivity index (χ3n) is 4.45. The van der Waals surface area contributed by atoms with Crippen LogP contribution < -0.4 is 4.90 Å². The maximum Gasteiger partial charge on any atom is 0.225 e. The van der Waals surface area contributed by atoms with Crippen LogP contribution in [0, 0.1) is 11.3 Å². The molecule has 0 atom stereocenters. The summed E-state index contributed by atoms with van der Waals surface area (Å²) in [5, 5.41) is 8.78. The number of nitrogens with zero attached hydrogens (tertiary/aromatic N) is 6. The first-order valence-electron chi connectivity index (χ1n) is 8.31. The maximum atomic E-state index is 8.78. The Labute approximate surface area is 137 Å². The Morgan fingerprint density at radius 2 is 1.74 bits per heavy atom. The summed E-state index contributed by atoms with van der Waals surface area (Å²) in [5.74, 6) is 0.755. The van der Waals surface area contributed by atoms with Crippen molar-refractivity contribution >= 4 is 5.95 Å². The van der Waals surface area contributed by atoms with E-state index in [1.54, 1.807) is 6.20 Å². The molecule has 2 aliphatic rings. The molecule has 0 unspecified atom stereocenters. The molecule has 0 spiro atoms. The Morgan fingerprint density at radius 1 is 1.04 bits per heavy atom. The number of hydrogen-bond acceptors (Lipinski definition) is 7. The standard InChI is InChI=1S/C16H24N6O/c17-3-1-15-2-4-18-16(19-15)22-9-7-20(8-10-22)5-6-21-11-13-23-14-12-21/h2,4H,1,5-14H2. The van der Waals surface area contributed by atoms with Crippen LogP contribution in [0.4, 0.5) is 5.95 Å². The van der Waals surface area contributed by atoms with Crippen molar-refractivity contribution in [2.24, 2.45) is 0 Å². The van der Waals surface area contributed by atoms with Gasteiger partial charge >= 0.3 is 0 Å². The Kier molecular flexibility index (Phi) is 5.75. The van der Waals surface area contributed by atoms with Crippen molar-refractivity contribution in [1.29, 1.82) is 5.26 Å². The SMILES string of the molecule is N#CCc1ccnc(N2CCN(CCN3CCOCC3)CC2)n1. The Balaban J connectivity index is 1.44. The second kappa shape index (κ2) is 8.20. The Bertz CT molecular complexity index is 532. The van der Waals surface area contributed by atoms with Crippen molar-refractivity contribution in [3.63, 3.8) is 0 Å². The minimum atomic E-state index is 0.342. The molecule has 2 saturated heterocycles. The minimum Gasteiger partial charge on any atom is -0.379 e. The van der Waals surface area contributed by atoms with Crippen molar-refractivity contribution < 1.29 is 4.74 Å². The zero-order chi connectivity index (χ0) is 15.9. The van der Waals surface area contributed by atoms with Gasteiger partial charge in [0.2, 0.25) is 5.95 Å². The van der Waals surface area contributed by atoms with E-state index in [2.05, 4.69) is 30.7 Å². The van der Waals surface area contributed by atoms with E-state index < -0.39 is 0 Å². The highest BCUT2D eigenvalue weighted by atomic mass is 16.5. The van der Waals surface area contributed by atoms with Gasteiger partial charge in [0.15, 0.2) is 0 Å². The van der Waals surface area contributed by atoms with Crippen LogP contribution in [-0.2, 0) is 11.2 Å². The van der Waals surface area contributed by atoms with E-state index in [0.717, 1.165) is 77.2 Å². The molecule has 0 aromatic carbocycles. The number of nitriles is 1. The molecule has 3 heterocycles. The summed E-state index contributed by atoms with van der Waals surface area (Å²) in [7, 11) is 0. The molecule has 0 radical (unpaired) electrons. The van der Waals surface area contributed by atoms with E-state index in [0.29, 0.717) is 6.42 Å². The van der Waals surface area contributed by atoms with Crippen molar-refractivity contribution in [3.8, 4) is 6.07 Å². The summed E-state index contributed by atoms with van der Waals surface area (Å²) < 4.78 is 5.39. The van der Waals surface area contributed by atoms with Crippen LogP contribution in [0.2, 0.25) is 0 Å². The van der Waals surface area contributed by atoms with E-state index in [-0.39, 0.29) is 0 Å². The molecule has 0 aliphatic carbocycles. The van der Waals surface area contributed by atoms with Crippen LogP contribution >= 0.6 is 0 Å². The smallest absolute Gasteiger partial charge is 0.225 e. The van der Waals surface area contributed by atoms with E-state index in [1.165, 1.54) is 0 Å². The molecular weight excluding hydrogens is 292 g/mol. The molecule has 0 saturated carbocycles. The topological polar surface area (TPSA) is 68.5 Å². The van der Waals surface area contributed by atoms with Gasteiger partial charge in [-0.15, -0.1) is 0 Å². The highest BCUT2D eigenvalue weighted by Gasteiger charge is 2.20. The first-order valence-corrected chi connectivity index (χ1v) is 8.31. The molecule has 0 N–H and O–H groups in total. The zero-order valence-corrected chi connectivity index (χ0v) is 13.5.